The van der Waals surface area contributed by atoms with Gasteiger partial charge in [0.15, 0.2) is 0 Å². The van der Waals surface area contributed by atoms with Crippen LogP contribution in [0, 0.1) is 0 Å². The molecule has 2 aliphatic rings. The first-order chi connectivity index (χ1) is 7.79. The molecule has 0 bridgehead atoms. The fourth-order valence-corrected chi connectivity index (χ4v) is 2.60. The number of carbonyl (C=O) groups excluding carboxylic acids is 1. The quantitative estimate of drug-likeness (QED) is 0.545. The molecular weight excluding hydrogens is 206 g/mol. The van der Waals surface area contributed by atoms with Crippen molar-refractivity contribution < 1.29 is 14.3 Å². The van der Waals surface area contributed by atoms with Crippen LogP contribution >= 0.6 is 0 Å². The fourth-order valence-electron chi connectivity index (χ4n) is 2.60. The van der Waals surface area contributed by atoms with Crippen molar-refractivity contribution in [2.45, 2.75) is 51.2 Å². The summed E-state index contributed by atoms with van der Waals surface area (Å²) in [4.78, 5) is 13.8. The summed E-state index contributed by atoms with van der Waals surface area (Å²) in [5, 5.41) is 0. The third-order valence-electron chi connectivity index (χ3n) is 3.45. The van der Waals surface area contributed by atoms with Gasteiger partial charge in [0.05, 0.1) is 6.61 Å². The van der Waals surface area contributed by atoms with Crippen molar-refractivity contribution in [3.05, 3.63) is 0 Å². The monoisotopic (exact) mass is 227 g/mol. The molecular formula is C12H21NO3. The summed E-state index contributed by atoms with van der Waals surface area (Å²) in [5.74, 6) is 0. The zero-order valence-corrected chi connectivity index (χ0v) is 9.98. The van der Waals surface area contributed by atoms with E-state index in [0.717, 1.165) is 32.4 Å². The molecule has 0 aromatic carbocycles. The van der Waals surface area contributed by atoms with Crippen molar-refractivity contribution in [2.75, 3.05) is 19.7 Å². The Kier molecular flexibility index (Phi) is 4.04. The van der Waals surface area contributed by atoms with Crippen LogP contribution in [0.25, 0.3) is 0 Å². The van der Waals surface area contributed by atoms with Crippen molar-refractivity contribution in [1.82, 2.24) is 4.90 Å². The molecule has 0 N–H and O–H groups in total. The van der Waals surface area contributed by atoms with Crippen LogP contribution in [0.5, 0.6) is 0 Å². The lowest BCUT2D eigenvalue weighted by molar-refractivity contribution is 0.0255. The minimum atomic E-state index is -0.486. The van der Waals surface area contributed by atoms with E-state index < -0.39 is 6.16 Å². The van der Waals surface area contributed by atoms with E-state index in [1.807, 2.05) is 0 Å². The van der Waals surface area contributed by atoms with Gasteiger partial charge in [-0.2, -0.15) is 0 Å². The lowest BCUT2D eigenvalue weighted by atomic mass is 10.1. The first-order valence-electron chi connectivity index (χ1n) is 6.37. The maximum atomic E-state index is 11.3. The number of nitrogens with zero attached hydrogens (tertiary/aromatic N) is 1. The zero-order chi connectivity index (χ0) is 11.4. The van der Waals surface area contributed by atoms with Crippen molar-refractivity contribution in [2.24, 2.45) is 0 Å². The van der Waals surface area contributed by atoms with Crippen molar-refractivity contribution in [1.29, 1.82) is 0 Å². The summed E-state index contributed by atoms with van der Waals surface area (Å²) in [7, 11) is 0. The zero-order valence-electron chi connectivity index (χ0n) is 9.98. The SMILES string of the molecule is CCCCOC(=O)OC1CC2CCCN2C1. The van der Waals surface area contributed by atoms with Gasteiger partial charge in [-0.25, -0.2) is 4.79 Å². The van der Waals surface area contributed by atoms with Crippen LogP contribution < -0.4 is 0 Å². The van der Waals surface area contributed by atoms with Crippen LogP contribution in [0.1, 0.15) is 39.0 Å². The van der Waals surface area contributed by atoms with E-state index in [4.69, 9.17) is 9.47 Å². The predicted molar refractivity (Wildman–Crippen MR) is 60.3 cm³/mol. The molecule has 0 radical (unpaired) electrons. The summed E-state index contributed by atoms with van der Waals surface area (Å²) in [6.07, 6.45) is 5.05. The number of rotatable bonds is 4. The van der Waals surface area contributed by atoms with Gasteiger partial charge in [-0.15, -0.1) is 0 Å². The highest BCUT2D eigenvalue weighted by molar-refractivity contribution is 5.60. The van der Waals surface area contributed by atoms with Gasteiger partial charge < -0.3 is 9.47 Å². The topological polar surface area (TPSA) is 38.8 Å². The van der Waals surface area contributed by atoms with E-state index in [1.165, 1.54) is 12.8 Å². The van der Waals surface area contributed by atoms with E-state index in [9.17, 15) is 4.79 Å². The second-order valence-corrected chi connectivity index (χ2v) is 4.72. The summed E-state index contributed by atoms with van der Waals surface area (Å²) >= 11 is 0. The molecule has 2 atom stereocenters. The molecule has 2 heterocycles. The van der Waals surface area contributed by atoms with Gasteiger partial charge in [0.1, 0.15) is 6.10 Å². The molecule has 0 saturated carbocycles. The Morgan fingerprint density at radius 3 is 3.12 bits per heavy atom. The van der Waals surface area contributed by atoms with Crippen LogP contribution in [0.3, 0.4) is 0 Å². The standard InChI is InChI=1S/C12H21NO3/c1-2-3-7-15-12(14)16-11-8-10-5-4-6-13(10)9-11/h10-11H,2-9H2,1H3. The van der Waals surface area contributed by atoms with E-state index in [-0.39, 0.29) is 6.10 Å². The Hall–Kier alpha value is -0.770. The fraction of sp³-hybridized carbons (Fsp3) is 0.917. The van der Waals surface area contributed by atoms with Crippen LogP contribution in [0.4, 0.5) is 4.79 Å². The first kappa shape index (κ1) is 11.7. The van der Waals surface area contributed by atoms with Crippen LogP contribution in [-0.4, -0.2) is 42.9 Å². The van der Waals surface area contributed by atoms with Gasteiger partial charge in [-0.05, 0) is 25.8 Å². The smallest absolute Gasteiger partial charge is 0.434 e. The van der Waals surface area contributed by atoms with Crippen LogP contribution in [-0.2, 0) is 9.47 Å². The van der Waals surface area contributed by atoms with Gasteiger partial charge in [-0.1, -0.05) is 13.3 Å². The normalized spacial score (nSPS) is 29.1. The number of hydrogen-bond acceptors (Lipinski definition) is 4. The molecule has 2 rings (SSSR count). The van der Waals surface area contributed by atoms with Gasteiger partial charge in [0.25, 0.3) is 0 Å². The second-order valence-electron chi connectivity index (χ2n) is 4.72. The van der Waals surface area contributed by atoms with Crippen LogP contribution in [0.2, 0.25) is 0 Å². The minimum Gasteiger partial charge on any atom is -0.434 e. The number of carbonyl (C=O) groups is 1. The molecule has 2 unspecified atom stereocenters. The average Bonchev–Trinajstić information content (AvgIpc) is 2.78. The van der Waals surface area contributed by atoms with Crippen LogP contribution in [0.15, 0.2) is 0 Å². The molecule has 4 nitrogen and oxygen atoms in total. The van der Waals surface area contributed by atoms with Gasteiger partial charge in [0.2, 0.25) is 0 Å². The highest BCUT2D eigenvalue weighted by Crippen LogP contribution is 2.29. The van der Waals surface area contributed by atoms with E-state index in [2.05, 4.69) is 11.8 Å². The molecule has 0 aromatic heterocycles. The molecule has 0 spiro atoms. The molecule has 0 amide bonds. The number of unbranched alkanes of at least 4 members (excludes halogenated alkanes) is 1. The van der Waals surface area contributed by atoms with Crippen molar-refractivity contribution >= 4 is 6.16 Å². The molecule has 2 aliphatic heterocycles. The van der Waals surface area contributed by atoms with Crippen molar-refractivity contribution in [3.63, 3.8) is 0 Å². The number of hydrogen-bond donors (Lipinski definition) is 0. The second kappa shape index (κ2) is 5.53. The lowest BCUT2D eigenvalue weighted by Crippen LogP contribution is -2.25. The molecule has 0 aromatic rings. The Morgan fingerprint density at radius 2 is 2.38 bits per heavy atom. The molecule has 2 saturated heterocycles. The maximum absolute atomic E-state index is 11.3. The van der Waals surface area contributed by atoms with Crippen molar-refractivity contribution in [3.8, 4) is 0 Å². The summed E-state index contributed by atoms with van der Waals surface area (Å²) in [6, 6.07) is 0.647. The van der Waals surface area contributed by atoms with Gasteiger partial charge >= 0.3 is 6.16 Å². The van der Waals surface area contributed by atoms with E-state index in [0.29, 0.717) is 12.6 Å². The van der Waals surface area contributed by atoms with Gasteiger partial charge in [0, 0.05) is 19.0 Å². The molecule has 4 heteroatoms. The summed E-state index contributed by atoms with van der Waals surface area (Å²) in [6.45, 7) is 4.61. The summed E-state index contributed by atoms with van der Waals surface area (Å²) in [5.41, 5.74) is 0. The Balaban J connectivity index is 1.65. The molecule has 16 heavy (non-hydrogen) atoms. The highest BCUT2D eigenvalue weighted by Gasteiger charge is 2.37. The van der Waals surface area contributed by atoms with E-state index in [1.54, 1.807) is 0 Å². The Morgan fingerprint density at radius 1 is 1.50 bits per heavy atom. The first-order valence-corrected chi connectivity index (χ1v) is 6.37. The minimum absolute atomic E-state index is 0.0550. The maximum Gasteiger partial charge on any atom is 0.508 e. The average molecular weight is 227 g/mol. The molecule has 0 aliphatic carbocycles. The third kappa shape index (κ3) is 2.88. The lowest BCUT2D eigenvalue weighted by Gasteiger charge is -2.13. The Labute approximate surface area is 96.9 Å². The molecule has 2 fully saturated rings. The number of ether oxygens (including phenoxy) is 2. The third-order valence-corrected chi connectivity index (χ3v) is 3.45. The predicted octanol–water partition coefficient (Wildman–Crippen LogP) is 2.18. The van der Waals surface area contributed by atoms with Gasteiger partial charge in [-0.3, -0.25) is 4.90 Å². The summed E-state index contributed by atoms with van der Waals surface area (Å²) < 4.78 is 10.3. The highest BCUT2D eigenvalue weighted by atomic mass is 16.7. The molecule has 92 valence electrons. The number of fused-ring (bicyclic) bond motifs is 1. The largest absolute Gasteiger partial charge is 0.508 e. The Bertz CT molecular complexity index is 232. The van der Waals surface area contributed by atoms with E-state index >= 15 is 0 Å².